The third-order valence-electron chi connectivity index (χ3n) is 1.35. The minimum absolute atomic E-state index is 0.387. The molecular formula is C8H10N4O. The molecule has 68 valence electrons. The van der Waals surface area contributed by atoms with E-state index in [1.165, 1.54) is 11.1 Å². The van der Waals surface area contributed by atoms with E-state index >= 15 is 0 Å². The van der Waals surface area contributed by atoms with Gasteiger partial charge in [0.05, 0.1) is 6.61 Å². The topological polar surface area (TPSA) is 63.2 Å². The molecule has 13 heavy (non-hydrogen) atoms. The zero-order chi connectivity index (χ0) is 9.68. The van der Waals surface area contributed by atoms with E-state index in [2.05, 4.69) is 10.1 Å². The maximum atomic E-state index is 8.67. The van der Waals surface area contributed by atoms with Crippen molar-refractivity contribution in [3.8, 4) is 6.07 Å². The number of rotatable bonds is 3. The normalized spacial score (nSPS) is 10.2. The van der Waals surface area contributed by atoms with Crippen molar-refractivity contribution in [1.82, 2.24) is 9.78 Å². The fraction of sp³-hybridized carbons (Fsp3) is 0.375. The molecule has 0 bridgehead atoms. The Morgan fingerprint density at radius 2 is 2.62 bits per heavy atom. The molecule has 0 amide bonds. The molecule has 1 aromatic heterocycles. The number of ether oxygens (including phenoxy) is 1. The summed E-state index contributed by atoms with van der Waals surface area (Å²) in [5, 5.41) is 12.6. The zero-order valence-electron chi connectivity index (χ0n) is 7.56. The molecule has 0 aromatic carbocycles. The Morgan fingerprint density at radius 3 is 3.23 bits per heavy atom. The fourth-order valence-corrected chi connectivity index (χ4v) is 0.813. The maximum Gasteiger partial charge on any atom is 0.194 e. The lowest BCUT2D eigenvalue weighted by molar-refractivity contribution is 0.344. The van der Waals surface area contributed by atoms with Gasteiger partial charge in [-0.3, -0.25) is 4.68 Å². The fourth-order valence-electron chi connectivity index (χ4n) is 0.813. The minimum atomic E-state index is 0.387. The van der Waals surface area contributed by atoms with Gasteiger partial charge in [-0.05, 0) is 6.92 Å². The van der Waals surface area contributed by atoms with Gasteiger partial charge in [0.1, 0.15) is 11.6 Å². The van der Waals surface area contributed by atoms with Crippen molar-refractivity contribution in [2.24, 2.45) is 12.0 Å². The SMILES string of the molecule is CCOC=Nc1nn(C)cc1C#N. The molecular weight excluding hydrogens is 168 g/mol. The quantitative estimate of drug-likeness (QED) is 0.512. The highest BCUT2D eigenvalue weighted by Gasteiger charge is 2.03. The van der Waals surface area contributed by atoms with Gasteiger partial charge in [-0.25, -0.2) is 0 Å². The zero-order valence-corrected chi connectivity index (χ0v) is 7.56. The lowest BCUT2D eigenvalue weighted by Crippen LogP contribution is -1.86. The summed E-state index contributed by atoms with van der Waals surface area (Å²) in [4.78, 5) is 3.89. The molecule has 0 saturated heterocycles. The van der Waals surface area contributed by atoms with Gasteiger partial charge in [-0.1, -0.05) is 0 Å². The summed E-state index contributed by atoms with van der Waals surface area (Å²) in [7, 11) is 1.74. The molecule has 0 aliphatic heterocycles. The van der Waals surface area contributed by atoms with Crippen molar-refractivity contribution < 1.29 is 4.74 Å². The van der Waals surface area contributed by atoms with Crippen LogP contribution in [0.3, 0.4) is 0 Å². The first-order valence-electron chi connectivity index (χ1n) is 3.85. The van der Waals surface area contributed by atoms with Gasteiger partial charge < -0.3 is 4.74 Å². The van der Waals surface area contributed by atoms with E-state index < -0.39 is 0 Å². The van der Waals surface area contributed by atoms with Crippen molar-refractivity contribution in [3.05, 3.63) is 11.8 Å². The Hall–Kier alpha value is -1.83. The van der Waals surface area contributed by atoms with Crippen molar-refractivity contribution in [2.45, 2.75) is 6.92 Å². The van der Waals surface area contributed by atoms with Crippen LogP contribution in [-0.2, 0) is 11.8 Å². The minimum Gasteiger partial charge on any atom is -0.483 e. The first kappa shape index (κ1) is 9.26. The highest BCUT2D eigenvalue weighted by molar-refractivity contribution is 5.57. The van der Waals surface area contributed by atoms with Crippen LogP contribution in [0.2, 0.25) is 0 Å². The Labute approximate surface area is 76.3 Å². The molecule has 5 nitrogen and oxygen atoms in total. The van der Waals surface area contributed by atoms with Crippen molar-refractivity contribution >= 4 is 12.2 Å². The first-order chi connectivity index (χ1) is 6.27. The summed E-state index contributed by atoms with van der Waals surface area (Å²) in [5.41, 5.74) is 0.443. The molecule has 1 aromatic rings. The number of aromatic nitrogens is 2. The molecule has 0 radical (unpaired) electrons. The third-order valence-corrected chi connectivity index (χ3v) is 1.35. The Balaban J connectivity index is 2.82. The van der Waals surface area contributed by atoms with E-state index in [1.54, 1.807) is 13.2 Å². The number of hydrogen-bond donors (Lipinski definition) is 0. The van der Waals surface area contributed by atoms with Gasteiger partial charge in [0.2, 0.25) is 0 Å². The number of hydrogen-bond acceptors (Lipinski definition) is 4. The first-order valence-corrected chi connectivity index (χ1v) is 3.85. The molecule has 1 rings (SSSR count). The van der Waals surface area contributed by atoms with Crippen molar-refractivity contribution in [2.75, 3.05) is 6.61 Å². The van der Waals surface area contributed by atoms with Crippen molar-refractivity contribution in [3.63, 3.8) is 0 Å². The van der Waals surface area contributed by atoms with E-state index in [9.17, 15) is 0 Å². The molecule has 0 aliphatic rings. The van der Waals surface area contributed by atoms with Crippen LogP contribution in [0.15, 0.2) is 11.2 Å². The lowest BCUT2D eigenvalue weighted by atomic mass is 10.4. The van der Waals surface area contributed by atoms with E-state index in [0.717, 1.165) is 0 Å². The second-order valence-corrected chi connectivity index (χ2v) is 2.34. The van der Waals surface area contributed by atoms with E-state index in [4.69, 9.17) is 10.00 Å². The van der Waals surface area contributed by atoms with Crippen LogP contribution in [-0.4, -0.2) is 22.8 Å². The molecule has 0 spiro atoms. The summed E-state index contributed by atoms with van der Waals surface area (Å²) in [6.45, 7) is 2.41. The number of aryl methyl sites for hydroxylation is 1. The van der Waals surface area contributed by atoms with Crippen LogP contribution in [0.4, 0.5) is 5.82 Å². The van der Waals surface area contributed by atoms with Crippen LogP contribution in [0.1, 0.15) is 12.5 Å². The number of nitrogens with zero attached hydrogens (tertiary/aromatic N) is 4. The Kier molecular flexibility index (Phi) is 3.03. The molecule has 5 heteroatoms. The van der Waals surface area contributed by atoms with Gasteiger partial charge in [-0.15, -0.1) is 0 Å². The molecule has 0 N–H and O–H groups in total. The molecule has 0 atom stereocenters. The maximum absolute atomic E-state index is 8.67. The number of nitriles is 1. The lowest BCUT2D eigenvalue weighted by Gasteiger charge is -1.89. The van der Waals surface area contributed by atoms with Gasteiger partial charge >= 0.3 is 0 Å². The summed E-state index contributed by atoms with van der Waals surface area (Å²) < 4.78 is 6.43. The van der Waals surface area contributed by atoms with Crippen LogP contribution in [0.5, 0.6) is 0 Å². The smallest absolute Gasteiger partial charge is 0.194 e. The predicted molar refractivity (Wildman–Crippen MR) is 47.7 cm³/mol. The summed E-state index contributed by atoms with van der Waals surface area (Å²) in [5.74, 6) is 0.387. The monoisotopic (exact) mass is 178 g/mol. The van der Waals surface area contributed by atoms with Gasteiger partial charge in [0.15, 0.2) is 12.2 Å². The average molecular weight is 178 g/mol. The van der Waals surface area contributed by atoms with E-state index in [1.807, 2.05) is 13.0 Å². The van der Waals surface area contributed by atoms with Crippen molar-refractivity contribution in [1.29, 1.82) is 5.26 Å². The average Bonchev–Trinajstić information content (AvgIpc) is 2.47. The Morgan fingerprint density at radius 1 is 1.85 bits per heavy atom. The largest absolute Gasteiger partial charge is 0.483 e. The molecule has 0 saturated carbocycles. The highest BCUT2D eigenvalue weighted by Crippen LogP contribution is 2.13. The summed E-state index contributed by atoms with van der Waals surface area (Å²) >= 11 is 0. The summed E-state index contributed by atoms with van der Waals surface area (Å²) in [6, 6.07) is 1.99. The molecule has 0 unspecified atom stereocenters. The highest BCUT2D eigenvalue weighted by atomic mass is 16.5. The Bertz CT molecular complexity index is 348. The van der Waals surface area contributed by atoms with Gasteiger partial charge in [-0.2, -0.15) is 15.4 Å². The summed E-state index contributed by atoms with van der Waals surface area (Å²) in [6.07, 6.45) is 2.90. The predicted octanol–water partition coefficient (Wildman–Crippen LogP) is 0.988. The van der Waals surface area contributed by atoms with E-state index in [0.29, 0.717) is 18.0 Å². The molecule has 0 aliphatic carbocycles. The van der Waals surface area contributed by atoms with Crippen LogP contribution in [0, 0.1) is 11.3 Å². The second-order valence-electron chi connectivity index (χ2n) is 2.34. The van der Waals surface area contributed by atoms with Gasteiger partial charge in [0, 0.05) is 13.2 Å². The third kappa shape index (κ3) is 2.30. The van der Waals surface area contributed by atoms with E-state index in [-0.39, 0.29) is 0 Å². The number of aliphatic imine (C=N–C) groups is 1. The van der Waals surface area contributed by atoms with Crippen LogP contribution >= 0.6 is 0 Å². The standard InChI is InChI=1S/C8H10N4O/c1-3-13-6-10-8-7(4-9)5-12(2)11-8/h5-6H,3H2,1-2H3. The second kappa shape index (κ2) is 4.26. The molecule has 0 fully saturated rings. The molecule has 1 heterocycles. The van der Waals surface area contributed by atoms with Gasteiger partial charge in [0.25, 0.3) is 0 Å². The van der Waals surface area contributed by atoms with Crippen LogP contribution < -0.4 is 0 Å². The van der Waals surface area contributed by atoms with Crippen LogP contribution in [0.25, 0.3) is 0 Å².